The van der Waals surface area contributed by atoms with Gasteiger partial charge in [-0.3, -0.25) is 10.1 Å². The highest BCUT2D eigenvalue weighted by atomic mass is 79.9. The minimum atomic E-state index is -0.481. The number of hydrogen-bond donors (Lipinski definition) is 1. The van der Waals surface area contributed by atoms with E-state index in [1.54, 1.807) is 24.3 Å². The van der Waals surface area contributed by atoms with Crippen LogP contribution in [-0.2, 0) is 0 Å². The molecule has 0 unspecified atom stereocenters. The smallest absolute Gasteiger partial charge is 0.312 e. The van der Waals surface area contributed by atoms with Crippen molar-refractivity contribution in [1.82, 2.24) is 0 Å². The molecule has 0 aliphatic carbocycles. The van der Waals surface area contributed by atoms with Gasteiger partial charge in [-0.05, 0) is 46.6 Å². The molecule has 1 atom stereocenters. The molecule has 0 aliphatic heterocycles. The molecule has 21 heavy (non-hydrogen) atoms. The number of ether oxygens (including phenoxy) is 1. The number of para-hydroxylation sites is 1. The van der Waals surface area contributed by atoms with E-state index in [1.165, 1.54) is 6.07 Å². The summed E-state index contributed by atoms with van der Waals surface area (Å²) in [5, 5.41) is 11.1. The molecule has 7 heteroatoms. The summed E-state index contributed by atoms with van der Waals surface area (Å²) in [6.45, 7) is 1.87. The molecular formula is C14H12Br2N2O3. The number of hydrogen-bond acceptors (Lipinski definition) is 4. The van der Waals surface area contributed by atoms with Crippen LogP contribution in [0.25, 0.3) is 0 Å². The van der Waals surface area contributed by atoms with E-state index in [1.807, 2.05) is 13.0 Å². The first kappa shape index (κ1) is 15.9. The second-order valence-electron chi connectivity index (χ2n) is 4.42. The first-order chi connectivity index (χ1) is 9.90. The van der Waals surface area contributed by atoms with Crippen molar-refractivity contribution >= 4 is 37.5 Å². The van der Waals surface area contributed by atoms with Crippen LogP contribution in [0.2, 0.25) is 0 Å². The zero-order valence-electron chi connectivity index (χ0n) is 11.0. The Hall–Kier alpha value is -1.44. The predicted octanol–water partition coefficient (Wildman–Crippen LogP) is 4.93. The molecular weight excluding hydrogens is 404 g/mol. The summed E-state index contributed by atoms with van der Waals surface area (Å²) in [6, 6.07) is 9.84. The van der Waals surface area contributed by atoms with Gasteiger partial charge in [-0.25, -0.2) is 0 Å². The van der Waals surface area contributed by atoms with Crippen molar-refractivity contribution in [1.29, 1.82) is 0 Å². The SMILES string of the molecule is C[C@H](N)c1ccc(Oc2c(Br)cccc2[N+](=O)[O-])cc1Br. The van der Waals surface area contributed by atoms with E-state index in [-0.39, 0.29) is 17.5 Å². The average Bonchev–Trinajstić information content (AvgIpc) is 2.40. The first-order valence-corrected chi connectivity index (χ1v) is 7.64. The third kappa shape index (κ3) is 3.61. The van der Waals surface area contributed by atoms with Gasteiger partial charge in [0.25, 0.3) is 0 Å². The molecule has 2 N–H and O–H groups in total. The fraction of sp³-hybridized carbons (Fsp3) is 0.143. The minimum Gasteiger partial charge on any atom is -0.449 e. The molecule has 110 valence electrons. The molecule has 2 aromatic rings. The summed E-state index contributed by atoms with van der Waals surface area (Å²) in [5.41, 5.74) is 6.67. The maximum atomic E-state index is 11.1. The van der Waals surface area contributed by atoms with E-state index in [4.69, 9.17) is 10.5 Å². The van der Waals surface area contributed by atoms with Crippen LogP contribution in [0.5, 0.6) is 11.5 Å². The predicted molar refractivity (Wildman–Crippen MR) is 87.6 cm³/mol. The maximum absolute atomic E-state index is 11.1. The molecule has 0 radical (unpaired) electrons. The molecule has 0 aromatic heterocycles. The van der Waals surface area contributed by atoms with Crippen molar-refractivity contribution in [2.45, 2.75) is 13.0 Å². The van der Waals surface area contributed by atoms with E-state index in [0.717, 1.165) is 10.0 Å². The van der Waals surface area contributed by atoms with E-state index in [2.05, 4.69) is 31.9 Å². The Bertz CT molecular complexity index is 690. The quantitative estimate of drug-likeness (QED) is 0.567. The first-order valence-electron chi connectivity index (χ1n) is 6.06. The largest absolute Gasteiger partial charge is 0.449 e. The molecule has 0 amide bonds. The highest BCUT2D eigenvalue weighted by Gasteiger charge is 2.19. The standard InChI is InChI=1S/C14H12Br2N2O3/c1-8(17)10-6-5-9(7-12(10)16)21-14-11(15)3-2-4-13(14)18(19)20/h2-8H,17H2,1H3/t8-/m0/s1. The van der Waals surface area contributed by atoms with Gasteiger partial charge in [0.15, 0.2) is 0 Å². The van der Waals surface area contributed by atoms with Gasteiger partial charge in [0, 0.05) is 16.6 Å². The highest BCUT2D eigenvalue weighted by molar-refractivity contribution is 9.10. The van der Waals surface area contributed by atoms with E-state index >= 15 is 0 Å². The molecule has 0 saturated carbocycles. The Morgan fingerprint density at radius 1 is 1.24 bits per heavy atom. The molecule has 0 heterocycles. The number of nitrogens with zero attached hydrogens (tertiary/aromatic N) is 1. The van der Waals surface area contributed by atoms with Gasteiger partial charge in [-0.2, -0.15) is 0 Å². The van der Waals surface area contributed by atoms with Gasteiger partial charge >= 0.3 is 5.69 Å². The second-order valence-corrected chi connectivity index (χ2v) is 6.13. The molecule has 0 saturated heterocycles. The molecule has 2 rings (SSSR count). The number of halogens is 2. The number of nitrogens with two attached hydrogens (primary N) is 1. The topological polar surface area (TPSA) is 78.4 Å². The van der Waals surface area contributed by atoms with Crippen LogP contribution in [0.3, 0.4) is 0 Å². The van der Waals surface area contributed by atoms with Gasteiger partial charge in [0.05, 0.1) is 9.40 Å². The van der Waals surface area contributed by atoms with Crippen molar-refractivity contribution < 1.29 is 9.66 Å². The van der Waals surface area contributed by atoms with Crippen LogP contribution in [-0.4, -0.2) is 4.92 Å². The van der Waals surface area contributed by atoms with Gasteiger partial charge in [0.2, 0.25) is 5.75 Å². The number of rotatable bonds is 4. The van der Waals surface area contributed by atoms with Crippen molar-refractivity contribution in [3.8, 4) is 11.5 Å². The number of nitro groups is 1. The van der Waals surface area contributed by atoms with E-state index in [9.17, 15) is 10.1 Å². The van der Waals surface area contributed by atoms with Crippen LogP contribution in [0.4, 0.5) is 5.69 Å². The lowest BCUT2D eigenvalue weighted by atomic mass is 10.1. The van der Waals surface area contributed by atoms with Crippen LogP contribution in [0.1, 0.15) is 18.5 Å². The monoisotopic (exact) mass is 414 g/mol. The van der Waals surface area contributed by atoms with Crippen molar-refractivity contribution in [3.05, 3.63) is 61.0 Å². The fourth-order valence-electron chi connectivity index (χ4n) is 1.80. The summed E-state index contributed by atoms with van der Waals surface area (Å²) in [6.07, 6.45) is 0. The third-order valence-corrected chi connectivity index (χ3v) is 4.14. The molecule has 5 nitrogen and oxygen atoms in total. The van der Waals surface area contributed by atoms with Crippen molar-refractivity contribution in [2.75, 3.05) is 0 Å². The van der Waals surface area contributed by atoms with Crippen LogP contribution in [0, 0.1) is 10.1 Å². The summed E-state index contributed by atoms with van der Waals surface area (Å²) in [7, 11) is 0. The lowest BCUT2D eigenvalue weighted by molar-refractivity contribution is -0.385. The zero-order valence-corrected chi connectivity index (χ0v) is 14.2. The summed E-state index contributed by atoms with van der Waals surface area (Å²) in [5.74, 6) is 0.657. The van der Waals surface area contributed by atoms with E-state index in [0.29, 0.717) is 10.2 Å². The molecule has 2 aromatic carbocycles. The van der Waals surface area contributed by atoms with Gasteiger partial charge in [-0.15, -0.1) is 0 Å². The summed E-state index contributed by atoms with van der Waals surface area (Å²) < 4.78 is 6.97. The zero-order chi connectivity index (χ0) is 15.6. The van der Waals surface area contributed by atoms with E-state index < -0.39 is 4.92 Å². The Labute approximate surface area is 138 Å². The van der Waals surface area contributed by atoms with Crippen molar-refractivity contribution in [2.24, 2.45) is 5.73 Å². The highest BCUT2D eigenvalue weighted by Crippen LogP contribution is 2.39. The maximum Gasteiger partial charge on any atom is 0.312 e. The number of benzene rings is 2. The fourth-order valence-corrected chi connectivity index (χ4v) is 2.96. The van der Waals surface area contributed by atoms with Crippen LogP contribution < -0.4 is 10.5 Å². The van der Waals surface area contributed by atoms with Crippen molar-refractivity contribution in [3.63, 3.8) is 0 Å². The Morgan fingerprint density at radius 2 is 1.95 bits per heavy atom. The Balaban J connectivity index is 2.39. The minimum absolute atomic E-state index is 0.100. The Morgan fingerprint density at radius 3 is 2.52 bits per heavy atom. The molecule has 0 fully saturated rings. The van der Waals surface area contributed by atoms with Gasteiger partial charge in [-0.1, -0.05) is 28.1 Å². The molecule has 0 spiro atoms. The van der Waals surface area contributed by atoms with Crippen LogP contribution >= 0.6 is 31.9 Å². The van der Waals surface area contributed by atoms with Gasteiger partial charge in [0.1, 0.15) is 5.75 Å². The van der Waals surface area contributed by atoms with Crippen LogP contribution in [0.15, 0.2) is 45.3 Å². The summed E-state index contributed by atoms with van der Waals surface area (Å²) in [4.78, 5) is 10.6. The molecule has 0 aliphatic rings. The number of nitro benzene ring substituents is 1. The normalized spacial score (nSPS) is 12.0. The Kier molecular flexibility index (Phi) is 4.97. The lowest BCUT2D eigenvalue weighted by Crippen LogP contribution is -2.05. The third-order valence-electron chi connectivity index (χ3n) is 2.83. The molecule has 0 bridgehead atoms. The lowest BCUT2D eigenvalue weighted by Gasteiger charge is -2.12. The summed E-state index contributed by atoms with van der Waals surface area (Å²) >= 11 is 6.69. The average molecular weight is 416 g/mol. The van der Waals surface area contributed by atoms with Gasteiger partial charge < -0.3 is 10.5 Å². The second kappa shape index (κ2) is 6.55.